The first-order valence-corrected chi connectivity index (χ1v) is 10.2. The number of nitrogens with zero attached hydrogens (tertiary/aromatic N) is 1. The second kappa shape index (κ2) is 10.1. The lowest BCUT2D eigenvalue weighted by Gasteiger charge is -2.36. The number of aryl methyl sites for hydroxylation is 1. The zero-order valence-electron chi connectivity index (χ0n) is 16.9. The zero-order chi connectivity index (χ0) is 19.9. The fraction of sp³-hybridized carbons (Fsp3) is 0.667. The second-order valence-electron chi connectivity index (χ2n) is 7.66. The van der Waals surface area contributed by atoms with E-state index in [-0.39, 0.29) is 11.8 Å². The van der Waals surface area contributed by atoms with Gasteiger partial charge in [0.2, 0.25) is 0 Å². The number of aliphatic hydroxyl groups is 1. The van der Waals surface area contributed by atoms with Crippen molar-refractivity contribution in [3.05, 3.63) is 23.3 Å². The Morgan fingerprint density at radius 3 is 2.96 bits per heavy atom. The Hall–Kier alpha value is -1.83. The quantitative estimate of drug-likeness (QED) is 0.687. The predicted molar refractivity (Wildman–Crippen MR) is 106 cm³/mol. The van der Waals surface area contributed by atoms with E-state index in [1.807, 2.05) is 19.1 Å². The van der Waals surface area contributed by atoms with Gasteiger partial charge >= 0.3 is 0 Å². The van der Waals surface area contributed by atoms with Crippen LogP contribution in [-0.2, 0) is 4.74 Å². The largest absolute Gasteiger partial charge is 0.490 e. The number of likely N-dealkylation sites (tertiary alicyclic amines) is 1. The minimum Gasteiger partial charge on any atom is -0.490 e. The van der Waals surface area contributed by atoms with E-state index in [0.29, 0.717) is 43.4 Å². The van der Waals surface area contributed by atoms with Crippen LogP contribution in [-0.4, -0.2) is 75.1 Å². The molecule has 7 heteroatoms. The first kappa shape index (κ1) is 20.9. The van der Waals surface area contributed by atoms with Crippen LogP contribution in [0.25, 0.3) is 0 Å². The number of carbonyl (C=O) groups is 1. The highest BCUT2D eigenvalue weighted by Crippen LogP contribution is 2.34. The molecule has 28 heavy (non-hydrogen) atoms. The molecule has 0 bridgehead atoms. The number of rotatable bonds is 7. The molecule has 0 radical (unpaired) electrons. The maximum atomic E-state index is 12.8. The van der Waals surface area contributed by atoms with Gasteiger partial charge in [0.25, 0.3) is 5.91 Å². The fourth-order valence-electron chi connectivity index (χ4n) is 3.82. The van der Waals surface area contributed by atoms with Crippen molar-refractivity contribution in [2.24, 2.45) is 5.92 Å². The van der Waals surface area contributed by atoms with E-state index in [9.17, 15) is 9.90 Å². The summed E-state index contributed by atoms with van der Waals surface area (Å²) in [7, 11) is 1.70. The number of benzene rings is 1. The van der Waals surface area contributed by atoms with Crippen LogP contribution in [0.2, 0.25) is 0 Å². The van der Waals surface area contributed by atoms with Crippen LogP contribution in [0.3, 0.4) is 0 Å². The third-order valence-corrected chi connectivity index (χ3v) is 5.39. The van der Waals surface area contributed by atoms with E-state index in [1.165, 1.54) is 0 Å². The number of nitrogens with one attached hydrogen (secondary N) is 1. The van der Waals surface area contributed by atoms with E-state index in [0.717, 1.165) is 44.5 Å². The number of hydrogen-bond acceptors (Lipinski definition) is 6. The summed E-state index contributed by atoms with van der Waals surface area (Å²) >= 11 is 0. The van der Waals surface area contributed by atoms with Gasteiger partial charge in [0, 0.05) is 45.7 Å². The molecular formula is C21H32N2O5. The molecule has 1 aromatic rings. The molecular weight excluding hydrogens is 360 g/mol. The van der Waals surface area contributed by atoms with Crippen molar-refractivity contribution >= 4 is 5.91 Å². The van der Waals surface area contributed by atoms with E-state index >= 15 is 0 Å². The molecule has 7 nitrogen and oxygen atoms in total. The lowest BCUT2D eigenvalue weighted by molar-refractivity contribution is 0.0192. The Balaban J connectivity index is 1.56. The van der Waals surface area contributed by atoms with Crippen molar-refractivity contribution in [3.8, 4) is 11.5 Å². The summed E-state index contributed by atoms with van der Waals surface area (Å²) in [6, 6.07) is 3.73. The Kier molecular flexibility index (Phi) is 7.53. The molecule has 2 atom stereocenters. The van der Waals surface area contributed by atoms with Crippen LogP contribution in [0.4, 0.5) is 0 Å². The molecule has 2 heterocycles. The SMILES string of the molecule is COCCCN1CCC(CNC(=O)c2cc(C)cc3c2OCCCO3)C(O)C1. The molecule has 1 aromatic carbocycles. The van der Waals surface area contributed by atoms with Crippen LogP contribution in [0, 0.1) is 12.8 Å². The van der Waals surface area contributed by atoms with Gasteiger partial charge in [0.1, 0.15) is 0 Å². The predicted octanol–water partition coefficient (Wildman–Crippen LogP) is 1.61. The summed E-state index contributed by atoms with van der Waals surface area (Å²) in [6.45, 7) is 6.75. The number of β-amino-alcohol motifs (C(OH)–C–C–N with tert-alkyl or cyclic N) is 1. The Morgan fingerprint density at radius 1 is 1.36 bits per heavy atom. The molecule has 2 aliphatic rings. The Bertz CT molecular complexity index is 666. The highest BCUT2D eigenvalue weighted by Gasteiger charge is 2.28. The third kappa shape index (κ3) is 5.37. The highest BCUT2D eigenvalue weighted by molar-refractivity contribution is 5.98. The monoisotopic (exact) mass is 392 g/mol. The third-order valence-electron chi connectivity index (χ3n) is 5.39. The molecule has 0 spiro atoms. The van der Waals surface area contributed by atoms with E-state index in [2.05, 4.69) is 10.2 Å². The summed E-state index contributed by atoms with van der Waals surface area (Å²) in [4.78, 5) is 15.1. The average molecular weight is 392 g/mol. The minimum atomic E-state index is -0.439. The lowest BCUT2D eigenvalue weighted by Crippen LogP contribution is -2.48. The van der Waals surface area contributed by atoms with Gasteiger partial charge in [-0.1, -0.05) is 0 Å². The summed E-state index contributed by atoms with van der Waals surface area (Å²) in [5.74, 6) is 1.03. The number of hydrogen-bond donors (Lipinski definition) is 2. The summed E-state index contributed by atoms with van der Waals surface area (Å²) in [6.07, 6.45) is 2.18. The number of ether oxygens (including phenoxy) is 3. The van der Waals surface area contributed by atoms with Gasteiger partial charge in [-0.15, -0.1) is 0 Å². The lowest BCUT2D eigenvalue weighted by atomic mass is 9.93. The van der Waals surface area contributed by atoms with Gasteiger partial charge in [0.05, 0.1) is 24.9 Å². The summed E-state index contributed by atoms with van der Waals surface area (Å²) in [5, 5.41) is 13.5. The van der Waals surface area contributed by atoms with Crippen molar-refractivity contribution in [2.75, 3.05) is 53.1 Å². The molecule has 0 saturated carbocycles. The maximum Gasteiger partial charge on any atom is 0.255 e. The average Bonchev–Trinajstić information content (AvgIpc) is 2.92. The van der Waals surface area contributed by atoms with E-state index < -0.39 is 6.10 Å². The first-order valence-electron chi connectivity index (χ1n) is 10.2. The Labute approximate surface area is 166 Å². The van der Waals surface area contributed by atoms with Crippen LogP contribution < -0.4 is 14.8 Å². The van der Waals surface area contributed by atoms with Crippen LogP contribution in [0.5, 0.6) is 11.5 Å². The maximum absolute atomic E-state index is 12.8. The molecule has 156 valence electrons. The van der Waals surface area contributed by atoms with Gasteiger partial charge in [-0.3, -0.25) is 4.79 Å². The number of amides is 1. The number of carbonyl (C=O) groups excluding carboxylic acids is 1. The fourth-order valence-corrected chi connectivity index (χ4v) is 3.82. The number of methoxy groups -OCH3 is 1. The van der Waals surface area contributed by atoms with Crippen molar-refractivity contribution in [1.82, 2.24) is 10.2 Å². The van der Waals surface area contributed by atoms with Crippen molar-refractivity contribution in [3.63, 3.8) is 0 Å². The molecule has 3 rings (SSSR count). The molecule has 2 aliphatic heterocycles. The summed E-state index contributed by atoms with van der Waals surface area (Å²) in [5.41, 5.74) is 1.46. The van der Waals surface area contributed by atoms with Gasteiger partial charge in [-0.05, 0) is 44.0 Å². The highest BCUT2D eigenvalue weighted by atomic mass is 16.5. The second-order valence-corrected chi connectivity index (χ2v) is 7.66. The van der Waals surface area contributed by atoms with Gasteiger partial charge in [-0.25, -0.2) is 0 Å². The molecule has 2 unspecified atom stereocenters. The minimum absolute atomic E-state index is 0.0585. The molecule has 1 fully saturated rings. The molecule has 2 N–H and O–H groups in total. The number of piperidine rings is 1. The van der Waals surface area contributed by atoms with Gasteiger partial charge in [0.15, 0.2) is 11.5 Å². The first-order chi connectivity index (χ1) is 13.6. The van der Waals surface area contributed by atoms with E-state index in [1.54, 1.807) is 7.11 Å². The van der Waals surface area contributed by atoms with Crippen LogP contribution in [0.15, 0.2) is 12.1 Å². The normalized spacial score (nSPS) is 22.5. The standard InChI is InChI=1S/C21H32N2O5/c1-15-11-17(20-19(12-15)27-9-4-10-28-20)21(25)22-13-16-5-7-23(14-18(16)24)6-3-8-26-2/h11-12,16,18,24H,3-10,13-14H2,1-2H3,(H,22,25). The van der Waals surface area contributed by atoms with Crippen LogP contribution in [0.1, 0.15) is 35.2 Å². The zero-order valence-corrected chi connectivity index (χ0v) is 16.9. The molecule has 0 aromatic heterocycles. The van der Waals surface area contributed by atoms with Crippen molar-refractivity contribution in [1.29, 1.82) is 0 Å². The van der Waals surface area contributed by atoms with Gasteiger partial charge < -0.3 is 29.5 Å². The van der Waals surface area contributed by atoms with Crippen molar-refractivity contribution in [2.45, 2.75) is 32.3 Å². The van der Waals surface area contributed by atoms with E-state index in [4.69, 9.17) is 14.2 Å². The molecule has 1 saturated heterocycles. The molecule has 1 amide bonds. The topological polar surface area (TPSA) is 80.3 Å². The van der Waals surface area contributed by atoms with Crippen LogP contribution >= 0.6 is 0 Å². The van der Waals surface area contributed by atoms with Crippen molar-refractivity contribution < 1.29 is 24.1 Å². The number of aliphatic hydroxyl groups excluding tert-OH is 1. The van der Waals surface area contributed by atoms with Gasteiger partial charge in [-0.2, -0.15) is 0 Å². The number of fused-ring (bicyclic) bond motifs is 1. The molecule has 0 aliphatic carbocycles. The smallest absolute Gasteiger partial charge is 0.255 e. The Morgan fingerprint density at radius 2 is 2.18 bits per heavy atom. The summed E-state index contributed by atoms with van der Waals surface area (Å²) < 4.78 is 16.6.